The van der Waals surface area contributed by atoms with Crippen LogP contribution < -0.4 is 10.1 Å². The van der Waals surface area contributed by atoms with Crippen LogP contribution in [0, 0.1) is 5.92 Å². The third kappa shape index (κ3) is 4.33. The number of ether oxygens (including phenoxy) is 1. The molecule has 1 aromatic heterocycles. The van der Waals surface area contributed by atoms with Gasteiger partial charge in [-0.25, -0.2) is 4.98 Å². The molecule has 0 aromatic carbocycles. The van der Waals surface area contributed by atoms with Gasteiger partial charge in [0.15, 0.2) is 11.4 Å². The fourth-order valence-corrected chi connectivity index (χ4v) is 1.33. The number of hydrogen-bond donors (Lipinski definition) is 2. The standard InChI is InChI=1S/C13H20N2O3/c1-9(2)18-11-5-4-6-14-12(11)13(17)15-7-10(3)8-16/h4-6,9-10,16H,7-8H2,1-3H3,(H,15,17). The van der Waals surface area contributed by atoms with Crippen LogP contribution in [0.2, 0.25) is 0 Å². The third-order valence-corrected chi connectivity index (χ3v) is 2.27. The van der Waals surface area contributed by atoms with Crippen molar-refractivity contribution in [2.24, 2.45) is 5.92 Å². The predicted octanol–water partition coefficient (Wildman–Crippen LogP) is 1.23. The van der Waals surface area contributed by atoms with E-state index in [2.05, 4.69) is 10.3 Å². The molecule has 0 aliphatic carbocycles. The second-order valence-corrected chi connectivity index (χ2v) is 4.51. The Morgan fingerprint density at radius 1 is 1.50 bits per heavy atom. The predicted molar refractivity (Wildman–Crippen MR) is 68.6 cm³/mol. The van der Waals surface area contributed by atoms with Crippen molar-refractivity contribution in [3.8, 4) is 5.75 Å². The summed E-state index contributed by atoms with van der Waals surface area (Å²) in [5.74, 6) is 0.209. The van der Waals surface area contributed by atoms with Gasteiger partial charge in [0.05, 0.1) is 6.10 Å². The van der Waals surface area contributed by atoms with Crippen molar-refractivity contribution >= 4 is 5.91 Å². The summed E-state index contributed by atoms with van der Waals surface area (Å²) in [6.07, 6.45) is 1.54. The molecule has 18 heavy (non-hydrogen) atoms. The summed E-state index contributed by atoms with van der Waals surface area (Å²) in [6.45, 7) is 6.08. The van der Waals surface area contributed by atoms with E-state index in [1.807, 2.05) is 20.8 Å². The Morgan fingerprint density at radius 2 is 2.22 bits per heavy atom. The maximum Gasteiger partial charge on any atom is 0.273 e. The number of nitrogens with zero attached hydrogens (tertiary/aromatic N) is 1. The fraction of sp³-hybridized carbons (Fsp3) is 0.538. The number of hydrogen-bond acceptors (Lipinski definition) is 4. The van der Waals surface area contributed by atoms with Gasteiger partial charge in [-0.1, -0.05) is 6.92 Å². The Bertz CT molecular complexity index is 394. The van der Waals surface area contributed by atoms with Gasteiger partial charge in [-0.2, -0.15) is 0 Å². The van der Waals surface area contributed by atoms with Crippen molar-refractivity contribution in [1.29, 1.82) is 0 Å². The molecule has 1 aromatic rings. The number of aliphatic hydroxyl groups is 1. The lowest BCUT2D eigenvalue weighted by Gasteiger charge is -2.14. The lowest BCUT2D eigenvalue weighted by Crippen LogP contribution is -2.30. The van der Waals surface area contributed by atoms with E-state index >= 15 is 0 Å². The molecular weight excluding hydrogens is 232 g/mol. The highest BCUT2D eigenvalue weighted by Crippen LogP contribution is 2.16. The number of rotatable bonds is 6. The number of carbonyl (C=O) groups is 1. The largest absolute Gasteiger partial charge is 0.489 e. The fourth-order valence-electron chi connectivity index (χ4n) is 1.33. The van der Waals surface area contributed by atoms with Crippen molar-refractivity contribution in [3.63, 3.8) is 0 Å². The molecule has 1 amide bonds. The highest BCUT2D eigenvalue weighted by Gasteiger charge is 2.15. The molecule has 5 heteroatoms. The summed E-state index contributed by atoms with van der Waals surface area (Å²) in [7, 11) is 0. The van der Waals surface area contributed by atoms with E-state index in [-0.39, 0.29) is 30.2 Å². The second kappa shape index (κ2) is 6.96. The molecule has 100 valence electrons. The maximum absolute atomic E-state index is 11.9. The quantitative estimate of drug-likeness (QED) is 0.798. The zero-order valence-corrected chi connectivity index (χ0v) is 11.0. The minimum atomic E-state index is -0.286. The van der Waals surface area contributed by atoms with Crippen LogP contribution >= 0.6 is 0 Å². The van der Waals surface area contributed by atoms with Gasteiger partial charge in [-0.3, -0.25) is 4.79 Å². The average molecular weight is 252 g/mol. The SMILES string of the molecule is CC(CO)CNC(=O)c1ncccc1OC(C)C. The molecule has 0 saturated carbocycles. The molecule has 5 nitrogen and oxygen atoms in total. The first-order valence-corrected chi connectivity index (χ1v) is 6.05. The number of carbonyl (C=O) groups excluding carboxylic acids is 1. The molecule has 0 bridgehead atoms. The van der Waals surface area contributed by atoms with Crippen LogP contribution in [0.15, 0.2) is 18.3 Å². The van der Waals surface area contributed by atoms with Crippen molar-refractivity contribution in [2.75, 3.05) is 13.2 Å². The topological polar surface area (TPSA) is 71.5 Å². The van der Waals surface area contributed by atoms with Gasteiger partial charge in [-0.15, -0.1) is 0 Å². The van der Waals surface area contributed by atoms with Crippen LogP contribution in [0.5, 0.6) is 5.75 Å². The zero-order chi connectivity index (χ0) is 13.5. The Morgan fingerprint density at radius 3 is 2.83 bits per heavy atom. The highest BCUT2D eigenvalue weighted by atomic mass is 16.5. The first-order valence-electron chi connectivity index (χ1n) is 6.05. The van der Waals surface area contributed by atoms with Gasteiger partial charge in [-0.05, 0) is 31.9 Å². The van der Waals surface area contributed by atoms with Gasteiger partial charge >= 0.3 is 0 Å². The molecule has 1 unspecified atom stereocenters. The molecule has 0 radical (unpaired) electrons. The lowest BCUT2D eigenvalue weighted by atomic mass is 10.2. The molecule has 1 atom stereocenters. The van der Waals surface area contributed by atoms with Crippen LogP contribution in [-0.4, -0.2) is 35.3 Å². The normalized spacial score (nSPS) is 12.3. The minimum absolute atomic E-state index is 0.0166. The molecular formula is C13H20N2O3. The van der Waals surface area contributed by atoms with Crippen molar-refractivity contribution < 1.29 is 14.6 Å². The Balaban J connectivity index is 2.72. The monoisotopic (exact) mass is 252 g/mol. The smallest absolute Gasteiger partial charge is 0.273 e. The minimum Gasteiger partial charge on any atom is -0.489 e. The number of pyridine rings is 1. The van der Waals surface area contributed by atoms with Crippen molar-refractivity contribution in [2.45, 2.75) is 26.9 Å². The summed E-state index contributed by atoms with van der Waals surface area (Å²) >= 11 is 0. The van der Waals surface area contributed by atoms with E-state index in [4.69, 9.17) is 9.84 Å². The molecule has 0 spiro atoms. The van der Waals surface area contributed by atoms with Crippen LogP contribution in [0.25, 0.3) is 0 Å². The molecule has 1 rings (SSSR count). The first-order chi connectivity index (χ1) is 8.54. The summed E-state index contributed by atoms with van der Waals surface area (Å²) < 4.78 is 5.53. The Hall–Kier alpha value is -1.62. The summed E-state index contributed by atoms with van der Waals surface area (Å²) in [5.41, 5.74) is 0.274. The van der Waals surface area contributed by atoms with Gasteiger partial charge in [0, 0.05) is 19.3 Å². The highest BCUT2D eigenvalue weighted by molar-refractivity contribution is 5.94. The Labute approximate surface area is 107 Å². The molecule has 0 aliphatic heterocycles. The van der Waals surface area contributed by atoms with Gasteiger partial charge in [0.2, 0.25) is 0 Å². The third-order valence-electron chi connectivity index (χ3n) is 2.27. The molecule has 0 fully saturated rings. The van der Waals surface area contributed by atoms with E-state index in [0.29, 0.717) is 12.3 Å². The average Bonchev–Trinajstić information content (AvgIpc) is 2.35. The van der Waals surface area contributed by atoms with Gasteiger partial charge in [0.1, 0.15) is 0 Å². The van der Waals surface area contributed by atoms with E-state index in [0.717, 1.165) is 0 Å². The number of amides is 1. The lowest BCUT2D eigenvalue weighted by molar-refractivity contribution is 0.0931. The second-order valence-electron chi connectivity index (χ2n) is 4.51. The molecule has 2 N–H and O–H groups in total. The van der Waals surface area contributed by atoms with E-state index < -0.39 is 0 Å². The molecule has 0 saturated heterocycles. The van der Waals surface area contributed by atoms with Crippen molar-refractivity contribution in [3.05, 3.63) is 24.0 Å². The summed E-state index contributed by atoms with van der Waals surface area (Å²) in [4.78, 5) is 16.0. The van der Waals surface area contributed by atoms with Crippen molar-refractivity contribution in [1.82, 2.24) is 10.3 Å². The number of aliphatic hydroxyl groups excluding tert-OH is 1. The number of nitrogens with one attached hydrogen (secondary N) is 1. The van der Waals surface area contributed by atoms with Crippen LogP contribution in [-0.2, 0) is 0 Å². The first kappa shape index (κ1) is 14.4. The molecule has 0 aliphatic rings. The van der Waals surface area contributed by atoms with Gasteiger partial charge < -0.3 is 15.2 Å². The van der Waals surface area contributed by atoms with Crippen LogP contribution in [0.1, 0.15) is 31.3 Å². The number of aromatic nitrogens is 1. The summed E-state index contributed by atoms with van der Waals surface area (Å²) in [6, 6.07) is 3.45. The van der Waals surface area contributed by atoms with E-state index in [1.165, 1.54) is 0 Å². The zero-order valence-electron chi connectivity index (χ0n) is 11.0. The van der Waals surface area contributed by atoms with Crippen LogP contribution in [0.4, 0.5) is 0 Å². The summed E-state index contributed by atoms with van der Waals surface area (Å²) in [5, 5.41) is 11.6. The van der Waals surface area contributed by atoms with E-state index in [1.54, 1.807) is 18.3 Å². The van der Waals surface area contributed by atoms with Crippen LogP contribution in [0.3, 0.4) is 0 Å². The Kier molecular flexibility index (Phi) is 5.58. The molecule has 1 heterocycles. The van der Waals surface area contributed by atoms with E-state index in [9.17, 15) is 4.79 Å². The maximum atomic E-state index is 11.9. The van der Waals surface area contributed by atoms with Gasteiger partial charge in [0.25, 0.3) is 5.91 Å².